The quantitative estimate of drug-likeness (QED) is 0.662. The van der Waals surface area contributed by atoms with E-state index in [0.29, 0.717) is 0 Å². The number of aryl methyl sites for hydroxylation is 3. The molecule has 3 nitrogen and oxygen atoms in total. The van der Waals surface area contributed by atoms with E-state index in [2.05, 4.69) is 50.5 Å². The largest absolute Gasteiger partial charge is 0.496 e. The molecular weight excluding hydrogens is 248 g/mol. The summed E-state index contributed by atoms with van der Waals surface area (Å²) in [6.45, 7) is 6.28. The van der Waals surface area contributed by atoms with Gasteiger partial charge in [0.1, 0.15) is 5.75 Å². The van der Waals surface area contributed by atoms with Crippen LogP contribution in [0.1, 0.15) is 33.9 Å². The first kappa shape index (κ1) is 14.6. The fourth-order valence-corrected chi connectivity index (χ4v) is 2.69. The molecule has 0 saturated heterocycles. The van der Waals surface area contributed by atoms with E-state index in [9.17, 15) is 0 Å². The molecule has 1 atom stereocenters. The Morgan fingerprint density at radius 2 is 1.70 bits per heavy atom. The van der Waals surface area contributed by atoms with Crippen molar-refractivity contribution in [3.05, 3.63) is 64.2 Å². The lowest BCUT2D eigenvalue weighted by molar-refractivity contribution is 0.404. The maximum atomic E-state index is 5.84. The third-order valence-corrected chi connectivity index (χ3v) is 3.69. The Balaban J connectivity index is 2.61. The molecule has 0 heterocycles. The molecular formula is C17H22N2O. The Kier molecular flexibility index (Phi) is 4.42. The van der Waals surface area contributed by atoms with Gasteiger partial charge in [0.05, 0.1) is 13.2 Å². The van der Waals surface area contributed by atoms with Gasteiger partial charge in [0.15, 0.2) is 0 Å². The van der Waals surface area contributed by atoms with E-state index in [-0.39, 0.29) is 6.04 Å². The first-order valence-electron chi connectivity index (χ1n) is 6.75. The van der Waals surface area contributed by atoms with Crippen LogP contribution in [0.3, 0.4) is 0 Å². The van der Waals surface area contributed by atoms with E-state index in [1.165, 1.54) is 22.3 Å². The van der Waals surface area contributed by atoms with Crippen molar-refractivity contribution < 1.29 is 4.74 Å². The lowest BCUT2D eigenvalue weighted by Gasteiger charge is -2.23. The summed E-state index contributed by atoms with van der Waals surface area (Å²) >= 11 is 0. The number of benzene rings is 2. The van der Waals surface area contributed by atoms with Gasteiger partial charge in [-0.25, -0.2) is 5.43 Å². The standard InChI is InChI=1S/C17H22N2O/c1-11-8-9-15(20-4)14(10-11)17(19-18)16-12(2)6-5-7-13(16)3/h5-10,17,19H,18H2,1-4H3. The SMILES string of the molecule is COc1ccc(C)cc1C(NN)c1c(C)cccc1C. The predicted molar refractivity (Wildman–Crippen MR) is 82.8 cm³/mol. The number of rotatable bonds is 4. The van der Waals surface area contributed by atoms with Crippen LogP contribution in [-0.4, -0.2) is 7.11 Å². The highest BCUT2D eigenvalue weighted by molar-refractivity contribution is 5.48. The number of nitrogens with one attached hydrogen (secondary N) is 1. The number of nitrogens with two attached hydrogens (primary N) is 1. The van der Waals surface area contributed by atoms with E-state index in [1.54, 1.807) is 7.11 Å². The molecule has 2 rings (SSSR count). The molecule has 106 valence electrons. The predicted octanol–water partition coefficient (Wildman–Crippen LogP) is 3.17. The Morgan fingerprint density at radius 3 is 2.25 bits per heavy atom. The van der Waals surface area contributed by atoms with Gasteiger partial charge in [-0.15, -0.1) is 0 Å². The number of hydrazine groups is 1. The summed E-state index contributed by atoms with van der Waals surface area (Å²) in [5, 5.41) is 0. The molecule has 0 aliphatic heterocycles. The van der Waals surface area contributed by atoms with Crippen molar-refractivity contribution in [2.75, 3.05) is 7.11 Å². The van der Waals surface area contributed by atoms with Crippen molar-refractivity contribution in [1.82, 2.24) is 5.43 Å². The molecule has 0 spiro atoms. The van der Waals surface area contributed by atoms with Crippen LogP contribution in [0.2, 0.25) is 0 Å². The van der Waals surface area contributed by atoms with Crippen molar-refractivity contribution >= 4 is 0 Å². The summed E-state index contributed by atoms with van der Waals surface area (Å²) in [5.74, 6) is 6.69. The molecule has 0 aliphatic carbocycles. The summed E-state index contributed by atoms with van der Waals surface area (Å²) < 4.78 is 5.49. The average Bonchev–Trinajstić information content (AvgIpc) is 2.43. The van der Waals surface area contributed by atoms with Gasteiger partial charge < -0.3 is 4.74 Å². The molecule has 0 radical (unpaired) electrons. The summed E-state index contributed by atoms with van der Waals surface area (Å²) in [6, 6.07) is 12.4. The third kappa shape index (κ3) is 2.69. The second-order valence-corrected chi connectivity index (χ2v) is 5.15. The normalized spacial score (nSPS) is 12.2. The van der Waals surface area contributed by atoms with Gasteiger partial charge >= 0.3 is 0 Å². The van der Waals surface area contributed by atoms with Gasteiger partial charge in [0.2, 0.25) is 0 Å². The second-order valence-electron chi connectivity index (χ2n) is 5.15. The van der Waals surface area contributed by atoms with E-state index < -0.39 is 0 Å². The molecule has 20 heavy (non-hydrogen) atoms. The molecule has 3 heteroatoms. The fraction of sp³-hybridized carbons (Fsp3) is 0.294. The smallest absolute Gasteiger partial charge is 0.124 e. The fourth-order valence-electron chi connectivity index (χ4n) is 2.69. The van der Waals surface area contributed by atoms with Gasteiger partial charge in [-0.3, -0.25) is 5.84 Å². The van der Waals surface area contributed by atoms with Crippen LogP contribution in [0, 0.1) is 20.8 Å². The zero-order chi connectivity index (χ0) is 14.7. The minimum atomic E-state index is -0.0777. The highest BCUT2D eigenvalue weighted by Crippen LogP contribution is 2.33. The van der Waals surface area contributed by atoms with Crippen molar-refractivity contribution in [2.45, 2.75) is 26.8 Å². The highest BCUT2D eigenvalue weighted by Gasteiger charge is 2.20. The number of hydrogen-bond donors (Lipinski definition) is 2. The van der Waals surface area contributed by atoms with Gasteiger partial charge in [0, 0.05) is 5.56 Å². The summed E-state index contributed by atoms with van der Waals surface area (Å²) in [5.41, 5.74) is 8.83. The molecule has 2 aromatic carbocycles. The van der Waals surface area contributed by atoms with E-state index >= 15 is 0 Å². The minimum Gasteiger partial charge on any atom is -0.496 e. The molecule has 0 saturated carbocycles. The summed E-state index contributed by atoms with van der Waals surface area (Å²) in [4.78, 5) is 0. The van der Waals surface area contributed by atoms with Crippen molar-refractivity contribution in [2.24, 2.45) is 5.84 Å². The van der Waals surface area contributed by atoms with Crippen molar-refractivity contribution in [1.29, 1.82) is 0 Å². The van der Waals surface area contributed by atoms with Crippen LogP contribution in [0.5, 0.6) is 5.75 Å². The van der Waals surface area contributed by atoms with Crippen molar-refractivity contribution in [3.63, 3.8) is 0 Å². The molecule has 1 unspecified atom stereocenters. The third-order valence-electron chi connectivity index (χ3n) is 3.69. The first-order valence-corrected chi connectivity index (χ1v) is 6.75. The Labute approximate surface area is 120 Å². The average molecular weight is 270 g/mol. The highest BCUT2D eigenvalue weighted by atomic mass is 16.5. The van der Waals surface area contributed by atoms with Gasteiger partial charge in [-0.1, -0.05) is 35.9 Å². The summed E-state index contributed by atoms with van der Waals surface area (Å²) in [7, 11) is 1.69. The molecule has 0 amide bonds. The molecule has 2 aromatic rings. The monoisotopic (exact) mass is 270 g/mol. The molecule has 0 fully saturated rings. The van der Waals surface area contributed by atoms with Crippen LogP contribution < -0.4 is 16.0 Å². The lowest BCUT2D eigenvalue weighted by Crippen LogP contribution is -2.30. The van der Waals surface area contributed by atoms with E-state index in [0.717, 1.165) is 11.3 Å². The van der Waals surface area contributed by atoms with Crippen LogP contribution in [-0.2, 0) is 0 Å². The maximum absolute atomic E-state index is 5.84. The first-order chi connectivity index (χ1) is 9.58. The zero-order valence-corrected chi connectivity index (χ0v) is 12.5. The van der Waals surface area contributed by atoms with E-state index in [1.807, 2.05) is 12.1 Å². The van der Waals surface area contributed by atoms with Gasteiger partial charge in [0.25, 0.3) is 0 Å². The topological polar surface area (TPSA) is 47.3 Å². The molecule has 3 N–H and O–H groups in total. The molecule has 0 aromatic heterocycles. The Hall–Kier alpha value is -1.84. The van der Waals surface area contributed by atoms with Crippen LogP contribution in [0.15, 0.2) is 36.4 Å². The number of methoxy groups -OCH3 is 1. The maximum Gasteiger partial charge on any atom is 0.124 e. The van der Waals surface area contributed by atoms with Gasteiger partial charge in [-0.05, 0) is 43.5 Å². The minimum absolute atomic E-state index is 0.0777. The van der Waals surface area contributed by atoms with Crippen LogP contribution in [0.25, 0.3) is 0 Å². The van der Waals surface area contributed by atoms with E-state index in [4.69, 9.17) is 10.6 Å². The zero-order valence-electron chi connectivity index (χ0n) is 12.5. The van der Waals surface area contributed by atoms with Crippen LogP contribution >= 0.6 is 0 Å². The Morgan fingerprint density at radius 1 is 1.05 bits per heavy atom. The molecule has 0 aliphatic rings. The van der Waals surface area contributed by atoms with Crippen LogP contribution in [0.4, 0.5) is 0 Å². The molecule has 0 bridgehead atoms. The Bertz CT molecular complexity index is 588. The lowest BCUT2D eigenvalue weighted by atomic mass is 9.90. The number of hydrogen-bond acceptors (Lipinski definition) is 3. The van der Waals surface area contributed by atoms with Gasteiger partial charge in [-0.2, -0.15) is 0 Å². The van der Waals surface area contributed by atoms with Crippen molar-refractivity contribution in [3.8, 4) is 5.75 Å². The summed E-state index contributed by atoms with van der Waals surface area (Å²) in [6.07, 6.45) is 0. The number of ether oxygens (including phenoxy) is 1. The second kappa shape index (κ2) is 6.07.